The molecule has 106 valence electrons. The first-order valence-corrected chi connectivity index (χ1v) is 7.37. The van der Waals surface area contributed by atoms with Gasteiger partial charge in [-0.25, -0.2) is 0 Å². The van der Waals surface area contributed by atoms with Crippen molar-refractivity contribution in [2.24, 2.45) is 5.92 Å². The summed E-state index contributed by atoms with van der Waals surface area (Å²) >= 11 is 3.29. The summed E-state index contributed by atoms with van der Waals surface area (Å²) in [5.74, 6) is 0.579. The van der Waals surface area contributed by atoms with Gasteiger partial charge in [-0.3, -0.25) is 0 Å². The molecule has 2 rings (SSSR count). The van der Waals surface area contributed by atoms with E-state index in [9.17, 15) is 13.2 Å². The Balaban J connectivity index is 2.02. The molecular formula is C14H17BrF3N. The van der Waals surface area contributed by atoms with E-state index in [4.69, 9.17) is 0 Å². The second-order valence-corrected chi connectivity index (χ2v) is 5.93. The van der Waals surface area contributed by atoms with Crippen LogP contribution < -0.4 is 5.32 Å². The van der Waals surface area contributed by atoms with Crippen molar-refractivity contribution >= 4 is 21.6 Å². The first kappa shape index (κ1) is 14.7. The van der Waals surface area contributed by atoms with Gasteiger partial charge in [0.15, 0.2) is 0 Å². The molecule has 1 fully saturated rings. The molecule has 1 nitrogen and oxygen atoms in total. The Kier molecular flexibility index (Phi) is 4.76. The van der Waals surface area contributed by atoms with Gasteiger partial charge in [0, 0.05) is 16.7 Å². The largest absolute Gasteiger partial charge is 0.416 e. The molecule has 1 aromatic rings. The number of hydrogen-bond acceptors (Lipinski definition) is 1. The van der Waals surface area contributed by atoms with Crippen LogP contribution in [-0.4, -0.2) is 6.54 Å². The summed E-state index contributed by atoms with van der Waals surface area (Å²) in [6, 6.07) is 3.72. The minimum atomic E-state index is -4.29. The Morgan fingerprint density at radius 1 is 1.16 bits per heavy atom. The monoisotopic (exact) mass is 335 g/mol. The third-order valence-electron chi connectivity index (χ3n) is 3.60. The van der Waals surface area contributed by atoms with Gasteiger partial charge in [-0.2, -0.15) is 13.2 Å². The highest BCUT2D eigenvalue weighted by Crippen LogP contribution is 2.34. The molecule has 1 aliphatic carbocycles. The van der Waals surface area contributed by atoms with Gasteiger partial charge in [-0.15, -0.1) is 0 Å². The van der Waals surface area contributed by atoms with Crippen LogP contribution in [0.1, 0.15) is 37.7 Å². The number of halogens is 4. The molecule has 0 unspecified atom stereocenters. The van der Waals surface area contributed by atoms with Crippen molar-refractivity contribution < 1.29 is 13.2 Å². The van der Waals surface area contributed by atoms with Crippen LogP contribution in [0.3, 0.4) is 0 Å². The predicted octanol–water partition coefficient (Wildman–Crippen LogP) is 5.46. The number of hydrogen-bond donors (Lipinski definition) is 1. The molecule has 0 bridgehead atoms. The summed E-state index contributed by atoms with van der Waals surface area (Å²) in [4.78, 5) is 0. The fraction of sp³-hybridized carbons (Fsp3) is 0.571. The summed E-state index contributed by atoms with van der Waals surface area (Å²) in [6.45, 7) is 0.750. The van der Waals surface area contributed by atoms with Gasteiger partial charge in [-0.05, 0) is 52.9 Å². The van der Waals surface area contributed by atoms with Gasteiger partial charge in [0.05, 0.1) is 5.56 Å². The maximum atomic E-state index is 12.7. The number of alkyl halides is 3. The molecule has 0 aliphatic heterocycles. The number of nitrogens with one attached hydrogen (secondary N) is 1. The molecule has 1 aromatic carbocycles. The summed E-state index contributed by atoms with van der Waals surface area (Å²) in [5.41, 5.74) is -0.0813. The second kappa shape index (κ2) is 6.16. The Morgan fingerprint density at radius 3 is 2.47 bits per heavy atom. The summed E-state index contributed by atoms with van der Waals surface area (Å²) < 4.78 is 38.6. The fourth-order valence-electron chi connectivity index (χ4n) is 2.48. The van der Waals surface area contributed by atoms with Crippen LogP contribution in [0.4, 0.5) is 18.9 Å². The lowest BCUT2D eigenvalue weighted by Crippen LogP contribution is -2.17. The summed E-state index contributed by atoms with van der Waals surface area (Å²) in [7, 11) is 0. The molecule has 1 aliphatic rings. The van der Waals surface area contributed by atoms with E-state index in [-0.39, 0.29) is 0 Å². The number of anilines is 1. The highest BCUT2D eigenvalue weighted by molar-refractivity contribution is 9.10. The fourth-order valence-corrected chi connectivity index (χ4v) is 2.87. The Morgan fingerprint density at radius 2 is 1.84 bits per heavy atom. The van der Waals surface area contributed by atoms with Crippen molar-refractivity contribution in [3.63, 3.8) is 0 Å². The molecular weight excluding hydrogens is 319 g/mol. The van der Waals surface area contributed by atoms with Crippen molar-refractivity contribution in [3.05, 3.63) is 28.2 Å². The average Bonchev–Trinajstić information content (AvgIpc) is 2.37. The molecule has 0 heterocycles. The van der Waals surface area contributed by atoms with Crippen LogP contribution in [0.5, 0.6) is 0 Å². The summed E-state index contributed by atoms with van der Waals surface area (Å²) in [6.07, 6.45) is 1.80. The summed E-state index contributed by atoms with van der Waals surface area (Å²) in [5, 5.41) is 3.15. The third-order valence-corrected chi connectivity index (χ3v) is 4.29. The van der Waals surface area contributed by atoms with Gasteiger partial charge in [-0.1, -0.05) is 19.3 Å². The first-order chi connectivity index (χ1) is 8.97. The van der Waals surface area contributed by atoms with E-state index in [1.807, 2.05) is 0 Å². The SMILES string of the molecule is FC(F)(F)c1ccc(Br)c(NCC2CCCCC2)c1. The Bertz CT molecular complexity index is 425. The van der Waals surface area contributed by atoms with Crippen LogP contribution in [0.25, 0.3) is 0 Å². The molecule has 1 saturated carbocycles. The Hall–Kier alpha value is -0.710. The van der Waals surface area contributed by atoms with Crippen molar-refractivity contribution in [1.82, 2.24) is 0 Å². The second-order valence-electron chi connectivity index (χ2n) is 5.08. The van der Waals surface area contributed by atoms with E-state index in [0.717, 1.165) is 12.6 Å². The quantitative estimate of drug-likeness (QED) is 0.773. The maximum absolute atomic E-state index is 12.7. The van der Waals surface area contributed by atoms with E-state index in [1.165, 1.54) is 44.2 Å². The zero-order chi connectivity index (χ0) is 13.9. The van der Waals surface area contributed by atoms with Gasteiger partial charge >= 0.3 is 6.18 Å². The zero-order valence-electron chi connectivity index (χ0n) is 10.6. The minimum absolute atomic E-state index is 0.528. The molecule has 1 N–H and O–H groups in total. The van der Waals surface area contributed by atoms with Gasteiger partial charge in [0.1, 0.15) is 0 Å². The minimum Gasteiger partial charge on any atom is -0.384 e. The number of benzene rings is 1. The smallest absolute Gasteiger partial charge is 0.384 e. The maximum Gasteiger partial charge on any atom is 0.416 e. The van der Waals surface area contributed by atoms with E-state index in [2.05, 4.69) is 21.2 Å². The van der Waals surface area contributed by atoms with E-state index >= 15 is 0 Å². The molecule has 0 spiro atoms. The normalized spacial score (nSPS) is 17.5. The standard InChI is InChI=1S/C14H17BrF3N/c15-12-7-6-11(14(16,17)18)8-13(12)19-9-10-4-2-1-3-5-10/h6-8,10,19H,1-5,9H2. The zero-order valence-corrected chi connectivity index (χ0v) is 12.1. The molecule has 19 heavy (non-hydrogen) atoms. The molecule has 0 aromatic heterocycles. The van der Waals surface area contributed by atoms with Gasteiger partial charge in [0.25, 0.3) is 0 Å². The van der Waals surface area contributed by atoms with Gasteiger partial charge in [0.2, 0.25) is 0 Å². The van der Waals surface area contributed by atoms with Crippen molar-refractivity contribution in [2.75, 3.05) is 11.9 Å². The molecule has 0 radical (unpaired) electrons. The lowest BCUT2D eigenvalue weighted by Gasteiger charge is -2.23. The lowest BCUT2D eigenvalue weighted by atomic mass is 9.89. The van der Waals surface area contributed by atoms with Crippen LogP contribution in [0, 0.1) is 5.92 Å². The molecule has 0 amide bonds. The van der Waals surface area contributed by atoms with Crippen molar-refractivity contribution in [1.29, 1.82) is 0 Å². The highest BCUT2D eigenvalue weighted by atomic mass is 79.9. The van der Waals surface area contributed by atoms with Crippen molar-refractivity contribution in [2.45, 2.75) is 38.3 Å². The van der Waals surface area contributed by atoms with E-state index in [1.54, 1.807) is 0 Å². The highest BCUT2D eigenvalue weighted by Gasteiger charge is 2.30. The van der Waals surface area contributed by atoms with Crippen LogP contribution in [-0.2, 0) is 6.18 Å². The topological polar surface area (TPSA) is 12.0 Å². The van der Waals surface area contributed by atoms with Crippen LogP contribution in [0.2, 0.25) is 0 Å². The Labute approximate surface area is 119 Å². The van der Waals surface area contributed by atoms with Crippen LogP contribution >= 0.6 is 15.9 Å². The first-order valence-electron chi connectivity index (χ1n) is 6.57. The number of rotatable bonds is 3. The average molecular weight is 336 g/mol. The predicted molar refractivity (Wildman–Crippen MR) is 74.2 cm³/mol. The molecule has 0 saturated heterocycles. The van der Waals surface area contributed by atoms with Crippen molar-refractivity contribution in [3.8, 4) is 0 Å². The van der Waals surface area contributed by atoms with E-state index < -0.39 is 11.7 Å². The third kappa shape index (κ3) is 4.13. The van der Waals surface area contributed by atoms with Gasteiger partial charge < -0.3 is 5.32 Å². The lowest BCUT2D eigenvalue weighted by molar-refractivity contribution is -0.137. The van der Waals surface area contributed by atoms with Crippen LogP contribution in [0.15, 0.2) is 22.7 Å². The molecule has 0 atom stereocenters. The van der Waals surface area contributed by atoms with E-state index in [0.29, 0.717) is 16.1 Å². The molecule has 5 heteroatoms.